The molecule has 33 heavy (non-hydrogen) atoms. The molecule has 1 unspecified atom stereocenters. The minimum absolute atomic E-state index is 0.0324. The predicted molar refractivity (Wildman–Crippen MR) is 127 cm³/mol. The molecule has 2 N–H and O–H groups in total. The topological polar surface area (TPSA) is 104 Å². The van der Waals surface area contributed by atoms with E-state index in [1.165, 1.54) is 9.13 Å². The van der Waals surface area contributed by atoms with Crippen LogP contribution in [0.25, 0.3) is 22.1 Å². The molecule has 1 aliphatic heterocycles. The fraction of sp³-hybridized carbons (Fsp3) is 0.375. The van der Waals surface area contributed by atoms with Gasteiger partial charge in [-0.25, -0.2) is 4.79 Å². The number of para-hydroxylation sites is 1. The number of benzene rings is 1. The standard InChI is InChI=1S/C24H26N6O3/c1-3-4-12-29-20-21(26-23(29)28-11-7-9-17(25)14-28)27(2)24(32)30(22(20)31)15-18-13-16-8-5-6-10-19(16)33-18/h5-6,8,10,13,17H,7,9,11-12,14-15,25H2,1-2H3. The van der Waals surface area contributed by atoms with Gasteiger partial charge >= 0.3 is 5.69 Å². The second-order valence-corrected chi connectivity index (χ2v) is 8.43. The van der Waals surface area contributed by atoms with Crippen molar-refractivity contribution in [3.8, 4) is 11.8 Å². The Morgan fingerprint density at radius 2 is 2.06 bits per heavy atom. The Morgan fingerprint density at radius 3 is 2.82 bits per heavy atom. The fourth-order valence-electron chi connectivity index (χ4n) is 4.51. The van der Waals surface area contributed by atoms with Crippen LogP contribution in [0.15, 0.2) is 44.3 Å². The van der Waals surface area contributed by atoms with E-state index in [1.807, 2.05) is 30.3 Å². The van der Waals surface area contributed by atoms with Crippen LogP contribution in [0.4, 0.5) is 5.95 Å². The van der Waals surface area contributed by atoms with Crippen LogP contribution in [0.3, 0.4) is 0 Å². The summed E-state index contributed by atoms with van der Waals surface area (Å²) in [6, 6.07) is 9.48. The van der Waals surface area contributed by atoms with Gasteiger partial charge < -0.3 is 15.1 Å². The quantitative estimate of drug-likeness (QED) is 0.478. The lowest BCUT2D eigenvalue weighted by Gasteiger charge is -2.31. The average Bonchev–Trinajstić information content (AvgIpc) is 3.40. The highest BCUT2D eigenvalue weighted by atomic mass is 16.3. The monoisotopic (exact) mass is 446 g/mol. The predicted octanol–water partition coefficient (Wildman–Crippen LogP) is 1.64. The van der Waals surface area contributed by atoms with Crippen molar-refractivity contribution in [3.05, 3.63) is 56.9 Å². The molecule has 0 spiro atoms. The molecule has 5 rings (SSSR count). The van der Waals surface area contributed by atoms with E-state index in [1.54, 1.807) is 18.5 Å². The lowest BCUT2D eigenvalue weighted by atomic mass is 10.1. The van der Waals surface area contributed by atoms with Gasteiger partial charge in [0.25, 0.3) is 5.56 Å². The van der Waals surface area contributed by atoms with Crippen LogP contribution in [-0.4, -0.2) is 37.8 Å². The van der Waals surface area contributed by atoms with Gasteiger partial charge in [-0.1, -0.05) is 24.1 Å². The van der Waals surface area contributed by atoms with Crippen LogP contribution in [0.2, 0.25) is 0 Å². The average molecular weight is 447 g/mol. The highest BCUT2D eigenvalue weighted by Gasteiger charge is 2.26. The summed E-state index contributed by atoms with van der Waals surface area (Å²) in [7, 11) is 1.63. The molecule has 9 nitrogen and oxygen atoms in total. The smallest absolute Gasteiger partial charge is 0.332 e. The highest BCUT2D eigenvalue weighted by Crippen LogP contribution is 2.23. The van der Waals surface area contributed by atoms with Gasteiger partial charge in [-0.2, -0.15) is 4.98 Å². The van der Waals surface area contributed by atoms with Gasteiger partial charge in [-0.05, 0) is 31.9 Å². The van der Waals surface area contributed by atoms with Crippen LogP contribution in [-0.2, 0) is 20.1 Å². The van der Waals surface area contributed by atoms with Crippen molar-refractivity contribution in [2.45, 2.75) is 38.9 Å². The van der Waals surface area contributed by atoms with Gasteiger partial charge in [0.2, 0.25) is 5.95 Å². The fourth-order valence-corrected chi connectivity index (χ4v) is 4.51. The first-order chi connectivity index (χ1) is 16.0. The van der Waals surface area contributed by atoms with E-state index in [-0.39, 0.29) is 12.6 Å². The minimum Gasteiger partial charge on any atom is -0.459 e. The minimum atomic E-state index is -0.443. The van der Waals surface area contributed by atoms with Crippen molar-refractivity contribution < 1.29 is 4.42 Å². The molecule has 4 heterocycles. The number of rotatable bonds is 4. The van der Waals surface area contributed by atoms with E-state index in [4.69, 9.17) is 15.1 Å². The molecule has 1 fully saturated rings. The summed E-state index contributed by atoms with van der Waals surface area (Å²) in [5.74, 6) is 7.09. The molecule has 0 saturated carbocycles. The summed E-state index contributed by atoms with van der Waals surface area (Å²) in [5.41, 5.74) is 6.75. The molecule has 1 saturated heterocycles. The third-order valence-electron chi connectivity index (χ3n) is 6.16. The summed E-state index contributed by atoms with van der Waals surface area (Å²) in [4.78, 5) is 33.6. The third kappa shape index (κ3) is 3.62. The van der Waals surface area contributed by atoms with Gasteiger partial charge in [-0.3, -0.25) is 18.5 Å². The largest absolute Gasteiger partial charge is 0.459 e. The van der Waals surface area contributed by atoms with E-state index < -0.39 is 11.2 Å². The number of anilines is 1. The molecular weight excluding hydrogens is 420 g/mol. The number of furan rings is 1. The molecule has 0 bridgehead atoms. The maximum Gasteiger partial charge on any atom is 0.332 e. The number of nitrogens with two attached hydrogens (primary N) is 1. The van der Waals surface area contributed by atoms with Gasteiger partial charge in [0.1, 0.15) is 11.3 Å². The zero-order valence-corrected chi connectivity index (χ0v) is 18.7. The lowest BCUT2D eigenvalue weighted by Crippen LogP contribution is -2.44. The van der Waals surface area contributed by atoms with Crippen LogP contribution >= 0.6 is 0 Å². The summed E-state index contributed by atoms with van der Waals surface area (Å²) < 4.78 is 10.3. The van der Waals surface area contributed by atoms with E-state index >= 15 is 0 Å². The zero-order valence-electron chi connectivity index (χ0n) is 18.7. The summed E-state index contributed by atoms with van der Waals surface area (Å²) in [6.07, 6.45) is 1.90. The first-order valence-corrected chi connectivity index (χ1v) is 11.1. The Kier molecular flexibility index (Phi) is 5.30. The number of fused-ring (bicyclic) bond motifs is 2. The molecule has 170 valence electrons. The Balaban J connectivity index is 1.68. The molecule has 0 radical (unpaired) electrons. The number of aromatic nitrogens is 4. The molecule has 1 aliphatic rings. The van der Waals surface area contributed by atoms with Gasteiger partial charge in [0, 0.05) is 31.6 Å². The van der Waals surface area contributed by atoms with Crippen LogP contribution in [0.1, 0.15) is 25.5 Å². The number of hydrogen-bond acceptors (Lipinski definition) is 6. The molecule has 4 aromatic rings. The van der Waals surface area contributed by atoms with Gasteiger partial charge in [-0.15, -0.1) is 5.92 Å². The Hall–Kier alpha value is -3.77. The molecular formula is C24H26N6O3. The van der Waals surface area contributed by atoms with Crippen molar-refractivity contribution in [3.63, 3.8) is 0 Å². The first kappa shape index (κ1) is 21.1. The number of piperidine rings is 1. The van der Waals surface area contributed by atoms with E-state index in [2.05, 4.69) is 16.7 Å². The van der Waals surface area contributed by atoms with Crippen molar-refractivity contribution in [2.75, 3.05) is 18.0 Å². The summed E-state index contributed by atoms with van der Waals surface area (Å²) in [6.45, 7) is 3.52. The second kappa shape index (κ2) is 8.30. The molecule has 1 aromatic carbocycles. The first-order valence-electron chi connectivity index (χ1n) is 11.1. The SMILES string of the molecule is CC#CCn1c(N2CCCC(N)C2)nc2c1c(=O)n(Cc1cc3ccccc3o1)c(=O)n2C. The molecule has 3 aromatic heterocycles. The Bertz CT molecular complexity index is 1490. The zero-order chi connectivity index (χ0) is 23.1. The van der Waals surface area contributed by atoms with Crippen LogP contribution in [0, 0.1) is 11.8 Å². The summed E-state index contributed by atoms with van der Waals surface area (Å²) >= 11 is 0. The number of nitrogens with zero attached hydrogens (tertiary/aromatic N) is 5. The van der Waals surface area contributed by atoms with Crippen molar-refractivity contribution >= 4 is 28.1 Å². The van der Waals surface area contributed by atoms with E-state index in [0.717, 1.165) is 24.8 Å². The molecule has 1 atom stereocenters. The number of hydrogen-bond donors (Lipinski definition) is 1. The number of aryl methyl sites for hydroxylation is 1. The van der Waals surface area contributed by atoms with Gasteiger partial charge in [0.05, 0.1) is 13.1 Å². The summed E-state index contributed by atoms with van der Waals surface area (Å²) in [5, 5.41) is 0.922. The Labute approximate surface area is 190 Å². The number of imidazole rings is 1. The lowest BCUT2D eigenvalue weighted by molar-refractivity contribution is 0.496. The van der Waals surface area contributed by atoms with Crippen molar-refractivity contribution in [1.29, 1.82) is 0 Å². The molecule has 0 aliphatic carbocycles. The van der Waals surface area contributed by atoms with E-state index in [9.17, 15) is 9.59 Å². The second-order valence-electron chi connectivity index (χ2n) is 8.43. The Morgan fingerprint density at radius 1 is 1.24 bits per heavy atom. The molecule has 0 amide bonds. The van der Waals surface area contributed by atoms with E-state index in [0.29, 0.717) is 41.5 Å². The van der Waals surface area contributed by atoms with Crippen LogP contribution < -0.4 is 21.9 Å². The maximum absolute atomic E-state index is 13.6. The molecule has 9 heteroatoms. The van der Waals surface area contributed by atoms with Crippen molar-refractivity contribution in [2.24, 2.45) is 12.8 Å². The third-order valence-corrected chi connectivity index (χ3v) is 6.16. The highest BCUT2D eigenvalue weighted by molar-refractivity contribution is 5.78. The van der Waals surface area contributed by atoms with Gasteiger partial charge in [0.15, 0.2) is 11.2 Å². The van der Waals surface area contributed by atoms with Crippen LogP contribution in [0.5, 0.6) is 0 Å². The normalized spacial score (nSPS) is 16.3. The van der Waals surface area contributed by atoms with Crippen molar-refractivity contribution in [1.82, 2.24) is 18.7 Å². The maximum atomic E-state index is 13.6.